The maximum atomic E-state index is 3.62. The summed E-state index contributed by atoms with van der Waals surface area (Å²) in [5.41, 5.74) is 0.679. The molecule has 1 saturated heterocycles. The number of hydrogen-bond donors (Lipinski definition) is 1. The van der Waals surface area contributed by atoms with Gasteiger partial charge in [-0.2, -0.15) is 0 Å². The molecule has 2 fully saturated rings. The molecule has 1 heterocycles. The summed E-state index contributed by atoms with van der Waals surface area (Å²) in [6, 6.07) is 0.862. The fraction of sp³-hybridized carbons (Fsp3) is 1.00. The zero-order valence-corrected chi connectivity index (χ0v) is 6.82. The van der Waals surface area contributed by atoms with E-state index in [9.17, 15) is 0 Å². The van der Waals surface area contributed by atoms with Gasteiger partial charge in [-0.05, 0) is 37.6 Å². The normalized spacial score (nSPS) is 47.1. The first-order valence-corrected chi connectivity index (χ1v) is 4.55. The third kappa shape index (κ3) is 0.878. The lowest BCUT2D eigenvalue weighted by Crippen LogP contribution is -2.44. The first kappa shape index (κ1) is 6.66. The van der Waals surface area contributed by atoms with Crippen LogP contribution >= 0.6 is 0 Å². The van der Waals surface area contributed by atoms with Crippen LogP contribution in [0.25, 0.3) is 0 Å². The van der Waals surface area contributed by atoms with E-state index in [4.69, 9.17) is 0 Å². The Morgan fingerprint density at radius 1 is 1.30 bits per heavy atom. The molecule has 0 aromatic rings. The molecule has 1 N–H and O–H groups in total. The standard InChI is InChI=1S/C9H17N/c1-9-5-2-4-8(9)10-7-3-6-9/h8,10H,2-7H2,1H3/t8-,9+/m1/s1. The fourth-order valence-corrected chi connectivity index (χ4v) is 2.65. The van der Waals surface area contributed by atoms with Crippen molar-refractivity contribution in [2.24, 2.45) is 5.41 Å². The van der Waals surface area contributed by atoms with Crippen LogP contribution in [0.15, 0.2) is 0 Å². The highest BCUT2D eigenvalue weighted by molar-refractivity contribution is 4.95. The Morgan fingerprint density at radius 2 is 2.10 bits per heavy atom. The molecule has 0 amide bonds. The van der Waals surface area contributed by atoms with Crippen molar-refractivity contribution >= 4 is 0 Å². The summed E-state index contributed by atoms with van der Waals surface area (Å²) in [6.45, 7) is 3.72. The first-order valence-electron chi connectivity index (χ1n) is 4.55. The Morgan fingerprint density at radius 3 is 2.90 bits per heavy atom. The number of nitrogens with one attached hydrogen (secondary N) is 1. The third-order valence-electron chi connectivity index (χ3n) is 3.40. The molecule has 1 saturated carbocycles. The highest BCUT2D eigenvalue weighted by atomic mass is 15.0. The number of fused-ring (bicyclic) bond motifs is 1. The van der Waals surface area contributed by atoms with Gasteiger partial charge < -0.3 is 5.32 Å². The second-order valence-electron chi connectivity index (χ2n) is 4.16. The summed E-state index contributed by atoms with van der Waals surface area (Å²) in [5, 5.41) is 3.62. The van der Waals surface area contributed by atoms with Gasteiger partial charge in [0.1, 0.15) is 0 Å². The smallest absolute Gasteiger partial charge is 0.0121 e. The zero-order valence-electron chi connectivity index (χ0n) is 6.82. The quantitative estimate of drug-likeness (QED) is 0.540. The van der Waals surface area contributed by atoms with Crippen LogP contribution in [0, 0.1) is 5.41 Å². The van der Waals surface area contributed by atoms with Gasteiger partial charge >= 0.3 is 0 Å². The maximum absolute atomic E-state index is 3.62. The van der Waals surface area contributed by atoms with Crippen molar-refractivity contribution in [2.75, 3.05) is 6.54 Å². The van der Waals surface area contributed by atoms with Gasteiger partial charge in [0.15, 0.2) is 0 Å². The summed E-state index contributed by atoms with van der Waals surface area (Å²) < 4.78 is 0. The van der Waals surface area contributed by atoms with Gasteiger partial charge in [-0.3, -0.25) is 0 Å². The number of rotatable bonds is 0. The van der Waals surface area contributed by atoms with Gasteiger partial charge in [0.05, 0.1) is 0 Å². The molecule has 0 unspecified atom stereocenters. The van der Waals surface area contributed by atoms with E-state index in [1.165, 1.54) is 38.6 Å². The minimum atomic E-state index is 0.679. The molecule has 1 nitrogen and oxygen atoms in total. The van der Waals surface area contributed by atoms with Crippen LogP contribution in [0.3, 0.4) is 0 Å². The average Bonchev–Trinajstić information content (AvgIpc) is 2.29. The lowest BCUT2D eigenvalue weighted by molar-refractivity contribution is 0.191. The molecule has 0 radical (unpaired) electrons. The number of piperidine rings is 1. The van der Waals surface area contributed by atoms with Crippen molar-refractivity contribution < 1.29 is 0 Å². The summed E-state index contributed by atoms with van der Waals surface area (Å²) in [7, 11) is 0. The molecule has 1 aliphatic heterocycles. The second-order valence-corrected chi connectivity index (χ2v) is 4.16. The molecule has 0 aromatic carbocycles. The molecular formula is C9H17N. The predicted octanol–water partition coefficient (Wildman–Crippen LogP) is 1.93. The molecule has 0 aromatic heterocycles. The maximum Gasteiger partial charge on any atom is 0.0121 e. The van der Waals surface area contributed by atoms with E-state index in [1.807, 2.05) is 0 Å². The van der Waals surface area contributed by atoms with E-state index >= 15 is 0 Å². The highest BCUT2D eigenvalue weighted by Gasteiger charge is 2.39. The van der Waals surface area contributed by atoms with Crippen molar-refractivity contribution in [3.8, 4) is 0 Å². The van der Waals surface area contributed by atoms with E-state index in [0.717, 1.165) is 6.04 Å². The van der Waals surface area contributed by atoms with Crippen molar-refractivity contribution in [2.45, 2.75) is 45.1 Å². The van der Waals surface area contributed by atoms with Crippen LogP contribution < -0.4 is 5.32 Å². The molecule has 1 heteroatoms. The molecule has 0 bridgehead atoms. The SMILES string of the molecule is C[C@]12CCCN[C@@H]1CCC2. The lowest BCUT2D eigenvalue weighted by Gasteiger charge is -2.36. The Hall–Kier alpha value is -0.0400. The Balaban J connectivity index is 2.10. The second kappa shape index (κ2) is 2.23. The van der Waals surface area contributed by atoms with E-state index in [-0.39, 0.29) is 0 Å². The Bertz CT molecular complexity index is 133. The van der Waals surface area contributed by atoms with Crippen LogP contribution in [0.4, 0.5) is 0 Å². The summed E-state index contributed by atoms with van der Waals surface area (Å²) in [4.78, 5) is 0. The minimum absolute atomic E-state index is 0.679. The van der Waals surface area contributed by atoms with E-state index in [1.54, 1.807) is 0 Å². The van der Waals surface area contributed by atoms with E-state index < -0.39 is 0 Å². The number of hydrogen-bond acceptors (Lipinski definition) is 1. The fourth-order valence-electron chi connectivity index (χ4n) is 2.65. The lowest BCUT2D eigenvalue weighted by atomic mass is 9.78. The topological polar surface area (TPSA) is 12.0 Å². The minimum Gasteiger partial charge on any atom is -0.313 e. The molecule has 2 aliphatic rings. The average molecular weight is 139 g/mol. The highest BCUT2D eigenvalue weighted by Crippen LogP contribution is 2.43. The molecular weight excluding hydrogens is 122 g/mol. The van der Waals surface area contributed by atoms with Gasteiger partial charge in [-0.15, -0.1) is 0 Å². The van der Waals surface area contributed by atoms with Crippen molar-refractivity contribution in [3.05, 3.63) is 0 Å². The van der Waals surface area contributed by atoms with Gasteiger partial charge in [0.2, 0.25) is 0 Å². The molecule has 2 rings (SSSR count). The Labute approximate surface area is 63.2 Å². The molecule has 2 atom stereocenters. The third-order valence-corrected chi connectivity index (χ3v) is 3.40. The largest absolute Gasteiger partial charge is 0.313 e. The molecule has 1 aliphatic carbocycles. The van der Waals surface area contributed by atoms with E-state index in [2.05, 4.69) is 12.2 Å². The van der Waals surface area contributed by atoms with Crippen molar-refractivity contribution in [3.63, 3.8) is 0 Å². The van der Waals surface area contributed by atoms with Gasteiger partial charge in [0.25, 0.3) is 0 Å². The molecule has 0 spiro atoms. The van der Waals surface area contributed by atoms with Gasteiger partial charge in [-0.1, -0.05) is 13.3 Å². The van der Waals surface area contributed by atoms with Gasteiger partial charge in [-0.25, -0.2) is 0 Å². The van der Waals surface area contributed by atoms with Crippen LogP contribution in [-0.2, 0) is 0 Å². The van der Waals surface area contributed by atoms with Crippen molar-refractivity contribution in [1.82, 2.24) is 5.32 Å². The van der Waals surface area contributed by atoms with Crippen LogP contribution in [0.5, 0.6) is 0 Å². The van der Waals surface area contributed by atoms with Crippen LogP contribution in [0.2, 0.25) is 0 Å². The molecule has 10 heavy (non-hydrogen) atoms. The zero-order chi connectivity index (χ0) is 7.03. The predicted molar refractivity (Wildman–Crippen MR) is 43.0 cm³/mol. The van der Waals surface area contributed by atoms with Gasteiger partial charge in [0, 0.05) is 6.04 Å². The van der Waals surface area contributed by atoms with Crippen molar-refractivity contribution in [1.29, 1.82) is 0 Å². The summed E-state index contributed by atoms with van der Waals surface area (Å²) in [5.74, 6) is 0. The van der Waals surface area contributed by atoms with Crippen LogP contribution in [0.1, 0.15) is 39.0 Å². The first-order chi connectivity index (χ1) is 4.81. The summed E-state index contributed by atoms with van der Waals surface area (Å²) >= 11 is 0. The van der Waals surface area contributed by atoms with Crippen LogP contribution in [-0.4, -0.2) is 12.6 Å². The molecule has 58 valence electrons. The summed E-state index contributed by atoms with van der Waals surface area (Å²) in [6.07, 6.45) is 7.20. The Kier molecular flexibility index (Phi) is 1.48. The monoisotopic (exact) mass is 139 g/mol. The van der Waals surface area contributed by atoms with E-state index in [0.29, 0.717) is 5.41 Å².